The van der Waals surface area contributed by atoms with Gasteiger partial charge in [0, 0.05) is 19.8 Å². The van der Waals surface area contributed by atoms with Gasteiger partial charge in [0.15, 0.2) is 0 Å². The maximum absolute atomic E-state index is 12.4. The molecule has 1 aromatic rings. The number of H-pyrrole nitrogens is 1. The van der Waals surface area contributed by atoms with Crippen molar-refractivity contribution in [2.45, 2.75) is 25.8 Å². The molecule has 20 heavy (non-hydrogen) atoms. The van der Waals surface area contributed by atoms with Gasteiger partial charge in [-0.25, -0.2) is 0 Å². The molecule has 7 heteroatoms. The molecule has 0 spiro atoms. The fourth-order valence-electron chi connectivity index (χ4n) is 2.27. The van der Waals surface area contributed by atoms with Gasteiger partial charge in [0.2, 0.25) is 5.91 Å². The van der Waals surface area contributed by atoms with Gasteiger partial charge < -0.3 is 9.88 Å². The van der Waals surface area contributed by atoms with E-state index in [0.717, 1.165) is 4.90 Å². The third-order valence-corrected chi connectivity index (χ3v) is 3.56. The molecule has 0 bridgehead atoms. The van der Waals surface area contributed by atoms with E-state index in [4.69, 9.17) is 11.6 Å². The normalized spacial score (nSPS) is 18.8. The summed E-state index contributed by atoms with van der Waals surface area (Å²) in [6, 6.07) is 0.791. The Labute approximate surface area is 121 Å². The van der Waals surface area contributed by atoms with Gasteiger partial charge in [-0.3, -0.25) is 19.3 Å². The molecule has 0 aliphatic carbocycles. The predicted octanol–water partition coefficient (Wildman–Crippen LogP) is 1.28. The summed E-state index contributed by atoms with van der Waals surface area (Å²) in [5.74, 6) is -0.923. The second kappa shape index (κ2) is 5.66. The lowest BCUT2D eigenvalue weighted by atomic mass is 10.2. The number of nitrogens with zero attached hydrogens (tertiary/aromatic N) is 2. The van der Waals surface area contributed by atoms with Crippen molar-refractivity contribution in [2.75, 3.05) is 13.6 Å². The van der Waals surface area contributed by atoms with Crippen LogP contribution in [0, 0.1) is 0 Å². The van der Waals surface area contributed by atoms with E-state index in [1.807, 2.05) is 6.92 Å². The van der Waals surface area contributed by atoms with Crippen LogP contribution < -0.4 is 0 Å². The van der Waals surface area contributed by atoms with Crippen molar-refractivity contribution in [2.24, 2.45) is 0 Å². The third kappa shape index (κ3) is 2.56. The summed E-state index contributed by atoms with van der Waals surface area (Å²) in [6.07, 6.45) is 2.24. The van der Waals surface area contributed by atoms with Gasteiger partial charge in [-0.2, -0.15) is 0 Å². The monoisotopic (exact) mass is 297 g/mol. The number of amides is 3. The summed E-state index contributed by atoms with van der Waals surface area (Å²) in [4.78, 5) is 41.4. The van der Waals surface area contributed by atoms with Gasteiger partial charge in [-0.1, -0.05) is 18.5 Å². The first-order chi connectivity index (χ1) is 9.45. The van der Waals surface area contributed by atoms with Gasteiger partial charge in [-0.15, -0.1) is 0 Å². The van der Waals surface area contributed by atoms with Gasteiger partial charge in [-0.05, 0) is 12.5 Å². The zero-order valence-corrected chi connectivity index (χ0v) is 12.1. The molecule has 1 unspecified atom stereocenters. The zero-order chi connectivity index (χ0) is 14.9. The molecular formula is C13H16ClN3O3. The van der Waals surface area contributed by atoms with E-state index in [2.05, 4.69) is 4.98 Å². The lowest BCUT2D eigenvalue weighted by Crippen LogP contribution is -2.45. The Balaban J connectivity index is 2.25. The quantitative estimate of drug-likeness (QED) is 0.851. The second-order valence-corrected chi connectivity index (χ2v) is 5.18. The maximum atomic E-state index is 12.4. The Bertz CT molecular complexity index is 555. The number of likely N-dealkylation sites (tertiary alicyclic amines) is 1. The topological polar surface area (TPSA) is 73.5 Å². The van der Waals surface area contributed by atoms with E-state index < -0.39 is 6.04 Å². The van der Waals surface area contributed by atoms with Gasteiger partial charge in [0.1, 0.15) is 11.7 Å². The average Bonchev–Trinajstić information content (AvgIpc) is 2.95. The number of carbonyl (C=O) groups excluding carboxylic acids is 3. The molecule has 3 amide bonds. The van der Waals surface area contributed by atoms with E-state index in [1.165, 1.54) is 24.2 Å². The highest BCUT2D eigenvalue weighted by atomic mass is 35.5. The molecular weight excluding hydrogens is 282 g/mol. The molecule has 6 nitrogen and oxygen atoms in total. The number of carbonyl (C=O) groups is 3. The number of aromatic amines is 1. The minimum Gasteiger partial charge on any atom is -0.356 e. The molecule has 1 atom stereocenters. The van der Waals surface area contributed by atoms with Gasteiger partial charge in [0.05, 0.1) is 11.4 Å². The number of nitrogens with one attached hydrogen (secondary N) is 1. The van der Waals surface area contributed by atoms with Crippen LogP contribution in [0.25, 0.3) is 0 Å². The molecule has 1 fully saturated rings. The summed E-state index contributed by atoms with van der Waals surface area (Å²) in [5, 5.41) is 0.427. The Morgan fingerprint density at radius 2 is 2.25 bits per heavy atom. The minimum atomic E-state index is -0.720. The molecule has 1 aliphatic heterocycles. The molecule has 2 heterocycles. The number of aromatic nitrogens is 1. The lowest BCUT2D eigenvalue weighted by Gasteiger charge is -2.26. The number of imide groups is 1. The van der Waals surface area contributed by atoms with Gasteiger partial charge >= 0.3 is 0 Å². The van der Waals surface area contributed by atoms with Crippen LogP contribution in [0.2, 0.25) is 5.02 Å². The van der Waals surface area contributed by atoms with Crippen LogP contribution in [0.4, 0.5) is 0 Å². The van der Waals surface area contributed by atoms with Crippen molar-refractivity contribution < 1.29 is 14.4 Å². The molecule has 2 rings (SSSR count). The molecule has 1 N–H and O–H groups in total. The van der Waals surface area contributed by atoms with Crippen molar-refractivity contribution in [3.8, 4) is 0 Å². The Morgan fingerprint density at radius 3 is 2.70 bits per heavy atom. The predicted molar refractivity (Wildman–Crippen MR) is 73.3 cm³/mol. The van der Waals surface area contributed by atoms with Crippen LogP contribution in [0.3, 0.4) is 0 Å². The van der Waals surface area contributed by atoms with Crippen LogP contribution in [0.1, 0.15) is 30.3 Å². The Morgan fingerprint density at radius 1 is 1.55 bits per heavy atom. The first kappa shape index (κ1) is 14.6. The smallest absolute Gasteiger partial charge is 0.271 e. The number of halogens is 1. The van der Waals surface area contributed by atoms with E-state index in [-0.39, 0.29) is 24.1 Å². The lowest BCUT2D eigenvalue weighted by molar-refractivity contribution is -0.137. The van der Waals surface area contributed by atoms with Crippen LogP contribution in [0.15, 0.2) is 12.3 Å². The van der Waals surface area contributed by atoms with Crippen LogP contribution >= 0.6 is 11.6 Å². The number of hydrogen-bond donors (Lipinski definition) is 1. The fraction of sp³-hybridized carbons (Fsp3) is 0.462. The van der Waals surface area contributed by atoms with Crippen LogP contribution in [-0.4, -0.2) is 52.1 Å². The summed E-state index contributed by atoms with van der Waals surface area (Å²) in [7, 11) is 1.44. The van der Waals surface area contributed by atoms with Crippen LogP contribution in [-0.2, 0) is 9.59 Å². The van der Waals surface area contributed by atoms with Crippen molar-refractivity contribution in [3.63, 3.8) is 0 Å². The van der Waals surface area contributed by atoms with Crippen molar-refractivity contribution in [3.05, 3.63) is 23.0 Å². The summed E-state index contributed by atoms with van der Waals surface area (Å²) in [6.45, 7) is 2.32. The summed E-state index contributed by atoms with van der Waals surface area (Å²) < 4.78 is 0. The summed E-state index contributed by atoms with van der Waals surface area (Å²) >= 11 is 5.79. The molecule has 108 valence electrons. The average molecular weight is 298 g/mol. The SMILES string of the molecule is CCCN(C(=O)c1cc(Cl)c[nH]1)C1CC(=O)N(C)C1=O. The molecule has 1 aromatic heterocycles. The van der Waals surface area contributed by atoms with E-state index in [1.54, 1.807) is 0 Å². The standard InChI is InChI=1S/C13H16ClN3O3/c1-3-4-17(10-6-11(18)16(2)13(10)20)12(19)9-5-8(14)7-15-9/h5,7,10,15H,3-4,6H2,1-2H3. The first-order valence-electron chi connectivity index (χ1n) is 6.41. The highest BCUT2D eigenvalue weighted by Crippen LogP contribution is 2.20. The molecule has 0 radical (unpaired) electrons. The number of rotatable bonds is 4. The Hall–Kier alpha value is -1.82. The van der Waals surface area contributed by atoms with Crippen molar-refractivity contribution in [1.82, 2.24) is 14.8 Å². The Kier molecular flexibility index (Phi) is 4.13. The van der Waals surface area contributed by atoms with Crippen molar-refractivity contribution in [1.29, 1.82) is 0 Å². The highest BCUT2D eigenvalue weighted by Gasteiger charge is 2.41. The second-order valence-electron chi connectivity index (χ2n) is 4.74. The minimum absolute atomic E-state index is 0.0372. The van der Waals surface area contributed by atoms with E-state index >= 15 is 0 Å². The highest BCUT2D eigenvalue weighted by molar-refractivity contribution is 6.31. The first-order valence-corrected chi connectivity index (χ1v) is 6.78. The zero-order valence-electron chi connectivity index (χ0n) is 11.4. The van der Waals surface area contributed by atoms with E-state index in [0.29, 0.717) is 23.7 Å². The van der Waals surface area contributed by atoms with Gasteiger partial charge in [0.25, 0.3) is 11.8 Å². The summed E-state index contributed by atoms with van der Waals surface area (Å²) in [5.41, 5.74) is 0.318. The van der Waals surface area contributed by atoms with Crippen LogP contribution in [0.5, 0.6) is 0 Å². The molecule has 0 aromatic carbocycles. The number of hydrogen-bond acceptors (Lipinski definition) is 3. The van der Waals surface area contributed by atoms with E-state index in [9.17, 15) is 14.4 Å². The third-order valence-electron chi connectivity index (χ3n) is 3.34. The van der Waals surface area contributed by atoms with Crippen molar-refractivity contribution >= 4 is 29.3 Å². The molecule has 1 aliphatic rings. The molecule has 0 saturated carbocycles. The molecule has 1 saturated heterocycles. The number of likely N-dealkylation sites (N-methyl/N-ethyl adjacent to an activating group) is 1. The largest absolute Gasteiger partial charge is 0.356 e. The fourth-order valence-corrected chi connectivity index (χ4v) is 2.43. The maximum Gasteiger partial charge on any atom is 0.271 e.